The van der Waals surface area contributed by atoms with E-state index in [0.717, 1.165) is 10.8 Å². The standard InChI is InChI=1S/C22H17F5N6O3/c23-11-7-14(24)19(29-8-11)33-9-13(20(35)31-17(10-1-2-10)22(25,26)27)16(34)12-3-4-15(30-18(12)33)32-6-5-28-21(32)36/h3-4,7-10,17H,1-2,5-6H2,(H,28,36)(H,31,35)/t17-/m1/s1. The van der Waals surface area contributed by atoms with Gasteiger partial charge in [0, 0.05) is 25.4 Å². The molecule has 3 aromatic rings. The van der Waals surface area contributed by atoms with Gasteiger partial charge in [0.15, 0.2) is 17.3 Å². The molecule has 9 nitrogen and oxygen atoms in total. The Morgan fingerprint density at radius 2 is 1.94 bits per heavy atom. The van der Waals surface area contributed by atoms with Crippen LogP contribution in [0.1, 0.15) is 23.2 Å². The van der Waals surface area contributed by atoms with Crippen molar-refractivity contribution < 1.29 is 31.5 Å². The summed E-state index contributed by atoms with van der Waals surface area (Å²) < 4.78 is 69.4. The second-order valence-electron chi connectivity index (χ2n) is 8.46. The molecule has 1 saturated heterocycles. The monoisotopic (exact) mass is 508 g/mol. The smallest absolute Gasteiger partial charge is 0.340 e. The highest BCUT2D eigenvalue weighted by Gasteiger charge is 2.49. The topological polar surface area (TPSA) is 109 Å². The van der Waals surface area contributed by atoms with E-state index < -0.39 is 58.5 Å². The summed E-state index contributed by atoms with van der Waals surface area (Å²) in [4.78, 5) is 47.3. The van der Waals surface area contributed by atoms with Gasteiger partial charge >= 0.3 is 12.2 Å². The van der Waals surface area contributed by atoms with E-state index in [-0.39, 0.29) is 36.2 Å². The number of carbonyl (C=O) groups excluding carboxylic acids is 2. The lowest BCUT2D eigenvalue weighted by atomic mass is 10.1. The van der Waals surface area contributed by atoms with Crippen LogP contribution >= 0.6 is 0 Å². The highest BCUT2D eigenvalue weighted by Crippen LogP contribution is 2.40. The predicted molar refractivity (Wildman–Crippen MR) is 116 cm³/mol. The molecule has 3 amide bonds. The van der Waals surface area contributed by atoms with Crippen molar-refractivity contribution in [1.29, 1.82) is 0 Å². The van der Waals surface area contributed by atoms with Crippen molar-refractivity contribution in [3.05, 3.63) is 58.0 Å². The molecule has 36 heavy (non-hydrogen) atoms. The molecule has 1 atom stereocenters. The van der Waals surface area contributed by atoms with Gasteiger partial charge in [0.2, 0.25) is 5.43 Å². The average Bonchev–Trinajstić information content (AvgIpc) is 3.56. The molecule has 1 aliphatic heterocycles. The largest absolute Gasteiger partial charge is 0.408 e. The van der Waals surface area contributed by atoms with Crippen molar-refractivity contribution in [2.45, 2.75) is 25.1 Å². The van der Waals surface area contributed by atoms with Crippen LogP contribution in [0, 0.1) is 17.6 Å². The number of carbonyl (C=O) groups is 2. The lowest BCUT2D eigenvalue weighted by Gasteiger charge is -2.21. The molecule has 2 aliphatic rings. The summed E-state index contributed by atoms with van der Waals surface area (Å²) in [5, 5.41) is 4.21. The molecule has 0 bridgehead atoms. The Bertz CT molecular complexity index is 1450. The van der Waals surface area contributed by atoms with Crippen molar-refractivity contribution in [1.82, 2.24) is 25.2 Å². The third kappa shape index (κ3) is 4.22. The first kappa shape index (κ1) is 23.6. The van der Waals surface area contributed by atoms with Crippen molar-refractivity contribution >= 4 is 28.8 Å². The Labute approximate surface area is 198 Å². The number of nitrogens with one attached hydrogen (secondary N) is 2. The van der Waals surface area contributed by atoms with Gasteiger partial charge in [-0.1, -0.05) is 0 Å². The third-order valence-electron chi connectivity index (χ3n) is 5.96. The van der Waals surface area contributed by atoms with E-state index in [0.29, 0.717) is 18.8 Å². The minimum atomic E-state index is -4.73. The number of fused-ring (bicyclic) bond motifs is 1. The second-order valence-corrected chi connectivity index (χ2v) is 8.46. The first-order valence-electron chi connectivity index (χ1n) is 10.9. The molecule has 1 aliphatic carbocycles. The minimum absolute atomic E-state index is 0.0937. The highest BCUT2D eigenvalue weighted by molar-refractivity contribution is 5.98. The molecular formula is C22H17F5N6O3. The second kappa shape index (κ2) is 8.53. The molecule has 0 radical (unpaired) electrons. The Morgan fingerprint density at radius 3 is 2.56 bits per heavy atom. The van der Waals surface area contributed by atoms with Crippen LogP contribution in [0.2, 0.25) is 0 Å². The third-order valence-corrected chi connectivity index (χ3v) is 5.96. The normalized spacial score (nSPS) is 16.8. The Balaban J connectivity index is 1.67. The van der Waals surface area contributed by atoms with E-state index in [1.54, 1.807) is 0 Å². The van der Waals surface area contributed by atoms with Gasteiger partial charge in [0.1, 0.15) is 23.2 Å². The van der Waals surface area contributed by atoms with E-state index in [2.05, 4.69) is 15.3 Å². The van der Waals surface area contributed by atoms with Crippen molar-refractivity contribution in [3.8, 4) is 5.82 Å². The number of hydrogen-bond acceptors (Lipinski definition) is 5. The summed E-state index contributed by atoms with van der Waals surface area (Å²) >= 11 is 0. The lowest BCUT2D eigenvalue weighted by Crippen LogP contribution is -2.48. The van der Waals surface area contributed by atoms with Gasteiger partial charge in [-0.05, 0) is 30.9 Å². The molecule has 3 aromatic heterocycles. The van der Waals surface area contributed by atoms with Crippen LogP contribution in [0.15, 0.2) is 35.4 Å². The number of anilines is 1. The number of nitrogens with zero attached hydrogens (tertiary/aromatic N) is 4. The fourth-order valence-electron chi connectivity index (χ4n) is 4.06. The Hall–Kier alpha value is -4.10. The number of aromatic nitrogens is 3. The lowest BCUT2D eigenvalue weighted by molar-refractivity contribution is -0.158. The first-order chi connectivity index (χ1) is 17.0. The molecule has 2 fully saturated rings. The molecule has 1 saturated carbocycles. The van der Waals surface area contributed by atoms with E-state index in [4.69, 9.17) is 0 Å². The molecule has 14 heteroatoms. The number of halogens is 5. The zero-order valence-electron chi connectivity index (χ0n) is 18.3. The maximum Gasteiger partial charge on any atom is 0.408 e. The summed E-state index contributed by atoms with van der Waals surface area (Å²) in [7, 11) is 0. The number of alkyl halides is 3. The first-order valence-corrected chi connectivity index (χ1v) is 10.9. The van der Waals surface area contributed by atoms with E-state index in [1.807, 2.05) is 5.32 Å². The van der Waals surface area contributed by atoms with E-state index in [1.165, 1.54) is 17.0 Å². The molecule has 2 N–H and O–H groups in total. The predicted octanol–water partition coefficient (Wildman–Crippen LogP) is 2.66. The van der Waals surface area contributed by atoms with Gasteiger partial charge < -0.3 is 10.6 Å². The van der Waals surface area contributed by atoms with Crippen LogP contribution in [0.4, 0.5) is 32.6 Å². The Kier molecular flexibility index (Phi) is 5.60. The number of hydrogen-bond donors (Lipinski definition) is 2. The molecule has 4 heterocycles. The maximum atomic E-state index is 14.7. The molecule has 188 valence electrons. The Morgan fingerprint density at radius 1 is 1.19 bits per heavy atom. The van der Waals surface area contributed by atoms with Gasteiger partial charge in [-0.3, -0.25) is 19.1 Å². The number of amides is 3. The fraction of sp³-hybridized carbons (Fsp3) is 0.318. The summed E-state index contributed by atoms with van der Waals surface area (Å²) in [5.41, 5.74) is -1.90. The van der Waals surface area contributed by atoms with Crippen LogP contribution in [-0.4, -0.2) is 51.8 Å². The minimum Gasteiger partial charge on any atom is -0.340 e. The summed E-state index contributed by atoms with van der Waals surface area (Å²) in [6.45, 7) is 0.588. The number of pyridine rings is 3. The number of urea groups is 1. The summed E-state index contributed by atoms with van der Waals surface area (Å²) in [6, 6.07) is 0.441. The van der Waals surface area contributed by atoms with Crippen LogP contribution in [0.25, 0.3) is 16.9 Å². The van der Waals surface area contributed by atoms with Gasteiger partial charge in [-0.25, -0.2) is 23.5 Å². The maximum absolute atomic E-state index is 14.7. The molecule has 5 rings (SSSR count). The van der Waals surface area contributed by atoms with E-state index in [9.17, 15) is 36.3 Å². The van der Waals surface area contributed by atoms with Gasteiger partial charge in [-0.15, -0.1) is 0 Å². The quantitative estimate of drug-likeness (QED) is 0.516. The molecule has 0 spiro atoms. The van der Waals surface area contributed by atoms with Gasteiger partial charge in [-0.2, -0.15) is 13.2 Å². The van der Waals surface area contributed by atoms with E-state index >= 15 is 0 Å². The summed E-state index contributed by atoms with van der Waals surface area (Å²) in [5.74, 6) is -4.75. The van der Waals surface area contributed by atoms with Crippen LogP contribution < -0.4 is 21.0 Å². The average molecular weight is 508 g/mol. The van der Waals surface area contributed by atoms with Crippen LogP contribution in [-0.2, 0) is 0 Å². The number of rotatable bonds is 5. The van der Waals surface area contributed by atoms with Crippen molar-refractivity contribution in [3.63, 3.8) is 0 Å². The zero-order valence-corrected chi connectivity index (χ0v) is 18.3. The van der Waals surface area contributed by atoms with Gasteiger partial charge in [0.05, 0.1) is 11.6 Å². The summed E-state index contributed by atoms with van der Waals surface area (Å²) in [6.07, 6.45) is -2.69. The molecule has 0 aromatic carbocycles. The van der Waals surface area contributed by atoms with Crippen molar-refractivity contribution in [2.24, 2.45) is 5.92 Å². The SMILES string of the molecule is O=C(N[C@H](C1CC1)C(F)(F)F)c1cn(-c2ncc(F)cc2F)c2nc(N3CCNC3=O)ccc2c1=O. The van der Waals surface area contributed by atoms with Gasteiger partial charge in [0.25, 0.3) is 5.91 Å². The molecular weight excluding hydrogens is 491 g/mol. The van der Waals surface area contributed by atoms with Crippen LogP contribution in [0.5, 0.6) is 0 Å². The van der Waals surface area contributed by atoms with Crippen molar-refractivity contribution in [2.75, 3.05) is 18.0 Å². The highest BCUT2D eigenvalue weighted by atomic mass is 19.4. The zero-order chi connectivity index (χ0) is 25.8. The fourth-order valence-corrected chi connectivity index (χ4v) is 4.06. The van der Waals surface area contributed by atoms with Crippen LogP contribution in [0.3, 0.4) is 0 Å². The molecule has 0 unspecified atom stereocenters.